The van der Waals surface area contributed by atoms with E-state index in [2.05, 4.69) is 156 Å². The molecular formula is C41H25NS. The molecule has 0 atom stereocenters. The highest BCUT2D eigenvalue weighted by Crippen LogP contribution is 2.62. The van der Waals surface area contributed by atoms with Crippen LogP contribution in [0, 0.1) is 0 Å². The van der Waals surface area contributed by atoms with Crippen LogP contribution in [-0.4, -0.2) is 4.57 Å². The third-order valence-corrected chi connectivity index (χ3v) is 10.8. The highest BCUT2D eigenvalue weighted by atomic mass is 32.2. The van der Waals surface area contributed by atoms with Crippen LogP contribution >= 0.6 is 11.8 Å². The Morgan fingerprint density at radius 1 is 0.442 bits per heavy atom. The second-order valence-electron chi connectivity index (χ2n) is 11.7. The number of benzene rings is 7. The van der Waals surface area contributed by atoms with Crippen LogP contribution in [0.25, 0.3) is 49.4 Å². The Labute approximate surface area is 254 Å². The summed E-state index contributed by atoms with van der Waals surface area (Å²) in [7, 11) is 0. The first-order chi connectivity index (χ1) is 21.3. The molecule has 200 valence electrons. The summed E-state index contributed by atoms with van der Waals surface area (Å²) >= 11 is 1.91. The molecular weight excluding hydrogens is 539 g/mol. The Morgan fingerprint density at radius 3 is 1.88 bits per heavy atom. The van der Waals surface area contributed by atoms with Gasteiger partial charge in [-0.2, -0.15) is 0 Å². The summed E-state index contributed by atoms with van der Waals surface area (Å²) in [5, 5.41) is 5.18. The van der Waals surface area contributed by atoms with Crippen LogP contribution in [0.4, 0.5) is 0 Å². The van der Waals surface area contributed by atoms with E-state index in [0.29, 0.717) is 0 Å². The van der Waals surface area contributed by atoms with Gasteiger partial charge in [-0.15, -0.1) is 0 Å². The third kappa shape index (κ3) is 2.94. The van der Waals surface area contributed by atoms with E-state index in [9.17, 15) is 0 Å². The maximum Gasteiger partial charge on any atom is 0.0735 e. The van der Waals surface area contributed by atoms with E-state index in [1.54, 1.807) is 0 Å². The predicted molar refractivity (Wildman–Crippen MR) is 180 cm³/mol. The first-order valence-corrected chi connectivity index (χ1v) is 15.7. The minimum Gasteiger partial charge on any atom is -0.309 e. The number of rotatable bonds is 1. The molecule has 2 aliphatic rings. The van der Waals surface area contributed by atoms with Gasteiger partial charge in [-0.3, -0.25) is 0 Å². The van der Waals surface area contributed by atoms with E-state index in [-0.39, 0.29) is 5.41 Å². The minimum atomic E-state index is -0.385. The first-order valence-electron chi connectivity index (χ1n) is 14.9. The van der Waals surface area contributed by atoms with Gasteiger partial charge in [0.15, 0.2) is 0 Å². The quantitative estimate of drug-likeness (QED) is 0.192. The Bertz CT molecular complexity index is 2390. The van der Waals surface area contributed by atoms with Crippen molar-refractivity contribution in [2.24, 2.45) is 0 Å². The lowest BCUT2D eigenvalue weighted by molar-refractivity contribution is 0.724. The fourth-order valence-corrected chi connectivity index (χ4v) is 9.20. The van der Waals surface area contributed by atoms with Gasteiger partial charge in [0, 0.05) is 26.3 Å². The van der Waals surface area contributed by atoms with Gasteiger partial charge >= 0.3 is 0 Å². The molecule has 1 spiro atoms. The highest BCUT2D eigenvalue weighted by molar-refractivity contribution is 7.99. The SMILES string of the molecule is c1ccc(-n2c3cc4c(cc3c3c5ccccc5ccc32)C2(c3ccccc3S4)c3ccccc3-c3ccccc32)cc1. The molecule has 1 aliphatic heterocycles. The molecule has 0 amide bonds. The lowest BCUT2D eigenvalue weighted by Gasteiger charge is -2.39. The lowest BCUT2D eigenvalue weighted by Crippen LogP contribution is -2.31. The van der Waals surface area contributed by atoms with Crippen LogP contribution in [0.3, 0.4) is 0 Å². The molecule has 0 radical (unpaired) electrons. The van der Waals surface area contributed by atoms with Crippen LogP contribution in [0.5, 0.6) is 0 Å². The average molecular weight is 564 g/mol. The second-order valence-corrected chi connectivity index (χ2v) is 12.7. The Hall–Kier alpha value is -5.05. The summed E-state index contributed by atoms with van der Waals surface area (Å²) in [6.07, 6.45) is 0. The Balaban J connectivity index is 1.43. The molecule has 2 heteroatoms. The summed E-state index contributed by atoms with van der Waals surface area (Å²) in [6.45, 7) is 0. The van der Waals surface area contributed by atoms with Crippen molar-refractivity contribution in [3.05, 3.63) is 174 Å². The summed E-state index contributed by atoms with van der Waals surface area (Å²) in [5.41, 5.74) is 11.5. The molecule has 10 rings (SSSR count). The largest absolute Gasteiger partial charge is 0.309 e. The van der Waals surface area contributed by atoms with Crippen LogP contribution in [0.15, 0.2) is 161 Å². The van der Waals surface area contributed by atoms with Crippen molar-refractivity contribution >= 4 is 44.3 Å². The molecule has 1 aromatic heterocycles. The standard InChI is InChI=1S/C41H25NS/c1-2-13-27(14-3-1)42-36-23-22-26-12-4-5-15-28(26)40(36)31-24-35-39(25-37(31)42)43-38-21-11-10-20-34(38)41(35)32-18-8-6-16-29(32)30-17-7-9-19-33(30)41/h1-25H. The van der Waals surface area contributed by atoms with Crippen molar-refractivity contribution in [1.29, 1.82) is 0 Å². The zero-order valence-corrected chi connectivity index (χ0v) is 24.1. The third-order valence-electron chi connectivity index (χ3n) is 9.64. The van der Waals surface area contributed by atoms with Crippen LogP contribution < -0.4 is 0 Å². The number of hydrogen-bond acceptors (Lipinski definition) is 1. The number of para-hydroxylation sites is 1. The maximum atomic E-state index is 2.54. The molecule has 0 saturated carbocycles. The van der Waals surface area contributed by atoms with Gasteiger partial charge in [0.1, 0.15) is 0 Å². The van der Waals surface area contributed by atoms with Gasteiger partial charge in [0.25, 0.3) is 0 Å². The fourth-order valence-electron chi connectivity index (χ4n) is 7.99. The van der Waals surface area contributed by atoms with E-state index in [1.165, 1.54) is 81.4 Å². The Morgan fingerprint density at radius 2 is 1.09 bits per heavy atom. The lowest BCUT2D eigenvalue weighted by atomic mass is 9.67. The molecule has 1 nitrogen and oxygen atoms in total. The van der Waals surface area contributed by atoms with Gasteiger partial charge < -0.3 is 4.57 Å². The summed E-state index contributed by atoms with van der Waals surface area (Å²) in [5.74, 6) is 0. The first kappa shape index (κ1) is 23.5. The highest BCUT2D eigenvalue weighted by Gasteiger charge is 2.50. The molecule has 1 aliphatic carbocycles. The van der Waals surface area contributed by atoms with E-state index in [0.717, 1.165) is 0 Å². The van der Waals surface area contributed by atoms with Gasteiger partial charge in [0.2, 0.25) is 0 Å². The number of aromatic nitrogens is 1. The van der Waals surface area contributed by atoms with Gasteiger partial charge in [0.05, 0.1) is 16.4 Å². The predicted octanol–water partition coefficient (Wildman–Crippen LogP) is 10.8. The topological polar surface area (TPSA) is 4.93 Å². The molecule has 0 N–H and O–H groups in total. The van der Waals surface area contributed by atoms with E-state index >= 15 is 0 Å². The average Bonchev–Trinajstić information content (AvgIpc) is 3.55. The minimum absolute atomic E-state index is 0.385. The van der Waals surface area contributed by atoms with E-state index in [4.69, 9.17) is 0 Å². The van der Waals surface area contributed by atoms with Gasteiger partial charge in [-0.25, -0.2) is 0 Å². The number of nitrogens with zero attached hydrogens (tertiary/aromatic N) is 1. The second kappa shape index (κ2) is 8.50. The van der Waals surface area contributed by atoms with Crippen LogP contribution in [0.1, 0.15) is 22.3 Å². The summed E-state index contributed by atoms with van der Waals surface area (Å²) in [4.78, 5) is 2.65. The molecule has 0 unspecified atom stereocenters. The number of fused-ring (bicyclic) bond motifs is 14. The maximum absolute atomic E-state index is 2.54. The Kier molecular flexibility index (Phi) is 4.65. The molecule has 7 aromatic carbocycles. The normalized spacial score (nSPS) is 14.1. The number of hydrogen-bond donors (Lipinski definition) is 0. The van der Waals surface area contributed by atoms with Gasteiger partial charge in [-0.1, -0.05) is 127 Å². The van der Waals surface area contributed by atoms with E-state index in [1.807, 2.05) is 11.8 Å². The molecule has 8 aromatic rings. The van der Waals surface area contributed by atoms with Crippen molar-refractivity contribution in [3.8, 4) is 16.8 Å². The molecule has 0 bridgehead atoms. The van der Waals surface area contributed by atoms with Crippen molar-refractivity contribution < 1.29 is 0 Å². The van der Waals surface area contributed by atoms with Crippen molar-refractivity contribution in [3.63, 3.8) is 0 Å². The van der Waals surface area contributed by atoms with Crippen molar-refractivity contribution in [2.45, 2.75) is 15.2 Å². The zero-order chi connectivity index (χ0) is 28.1. The fraction of sp³-hybridized carbons (Fsp3) is 0.0244. The zero-order valence-electron chi connectivity index (χ0n) is 23.3. The van der Waals surface area contributed by atoms with Crippen molar-refractivity contribution in [1.82, 2.24) is 4.57 Å². The van der Waals surface area contributed by atoms with Crippen LogP contribution in [0.2, 0.25) is 0 Å². The molecule has 2 heterocycles. The van der Waals surface area contributed by atoms with Crippen LogP contribution in [-0.2, 0) is 5.41 Å². The summed E-state index contributed by atoms with van der Waals surface area (Å²) in [6, 6.07) is 56.4. The molecule has 0 saturated heterocycles. The summed E-state index contributed by atoms with van der Waals surface area (Å²) < 4.78 is 2.46. The van der Waals surface area contributed by atoms with Crippen molar-refractivity contribution in [2.75, 3.05) is 0 Å². The molecule has 0 fully saturated rings. The molecule has 43 heavy (non-hydrogen) atoms. The monoisotopic (exact) mass is 563 g/mol. The smallest absolute Gasteiger partial charge is 0.0735 e. The van der Waals surface area contributed by atoms with E-state index < -0.39 is 0 Å². The van der Waals surface area contributed by atoms with Gasteiger partial charge in [-0.05, 0) is 80.6 Å².